The molecule has 0 amide bonds. The molecule has 2 aromatic heterocycles. The van der Waals surface area contributed by atoms with E-state index in [1.165, 1.54) is 11.3 Å². The molecule has 0 fully saturated rings. The van der Waals surface area contributed by atoms with Gasteiger partial charge in [-0.25, -0.2) is 9.97 Å². The first-order chi connectivity index (χ1) is 11.2. The third-order valence-electron chi connectivity index (χ3n) is 3.43. The van der Waals surface area contributed by atoms with E-state index in [1.807, 2.05) is 24.3 Å². The average molecular weight is 350 g/mol. The first-order valence-corrected chi connectivity index (χ1v) is 8.42. The summed E-state index contributed by atoms with van der Waals surface area (Å²) in [6.45, 7) is 0.751. The topological polar surface area (TPSA) is 67.3 Å². The van der Waals surface area contributed by atoms with E-state index in [0.29, 0.717) is 18.8 Å². The lowest BCUT2D eigenvalue weighted by molar-refractivity contribution is 0.292. The number of rotatable bonds is 6. The van der Waals surface area contributed by atoms with Gasteiger partial charge in [0, 0.05) is 24.1 Å². The van der Waals surface area contributed by atoms with Crippen LogP contribution in [-0.2, 0) is 0 Å². The molecule has 5 nitrogen and oxygen atoms in total. The highest BCUT2D eigenvalue weighted by Crippen LogP contribution is 2.37. The molecule has 0 spiro atoms. The molecule has 120 valence electrons. The number of aromatic nitrogens is 2. The summed E-state index contributed by atoms with van der Waals surface area (Å²) in [5.74, 6) is 1.51. The number of anilines is 1. The second kappa shape index (κ2) is 7.12. The highest BCUT2D eigenvalue weighted by Gasteiger charge is 2.14. The molecule has 3 rings (SSSR count). The zero-order valence-electron chi connectivity index (χ0n) is 12.5. The van der Waals surface area contributed by atoms with E-state index in [1.54, 1.807) is 7.11 Å². The summed E-state index contributed by atoms with van der Waals surface area (Å²) in [6.07, 6.45) is 0.644. The van der Waals surface area contributed by atoms with Crippen molar-refractivity contribution in [2.75, 3.05) is 25.6 Å². The second-order valence-corrected chi connectivity index (χ2v) is 6.10. The standard InChI is InChI=1S/C16H16ClN3O2S/c1-22-11-5-3-10(4-6-11)12-9-23-15-13(12)14(18-7-2-8-21)19-16(17)20-15/h3-6,9,21H,2,7-8H2,1H3,(H,18,19,20). The quantitative estimate of drug-likeness (QED) is 0.523. The Morgan fingerprint density at radius 1 is 1.26 bits per heavy atom. The molecule has 0 saturated carbocycles. The molecule has 0 atom stereocenters. The van der Waals surface area contributed by atoms with Crippen molar-refractivity contribution in [3.8, 4) is 16.9 Å². The van der Waals surface area contributed by atoms with Gasteiger partial charge >= 0.3 is 0 Å². The van der Waals surface area contributed by atoms with Gasteiger partial charge in [0.1, 0.15) is 16.4 Å². The zero-order valence-corrected chi connectivity index (χ0v) is 14.1. The minimum absolute atomic E-state index is 0.129. The average Bonchev–Trinajstić information content (AvgIpc) is 2.99. The van der Waals surface area contributed by atoms with Crippen molar-refractivity contribution < 1.29 is 9.84 Å². The van der Waals surface area contributed by atoms with Crippen LogP contribution in [0.2, 0.25) is 5.28 Å². The molecule has 0 saturated heterocycles. The van der Waals surface area contributed by atoms with E-state index in [0.717, 1.165) is 27.1 Å². The van der Waals surface area contributed by atoms with Gasteiger partial charge in [-0.05, 0) is 35.7 Å². The van der Waals surface area contributed by atoms with E-state index in [-0.39, 0.29) is 11.9 Å². The van der Waals surface area contributed by atoms with Crippen molar-refractivity contribution in [2.24, 2.45) is 0 Å². The molecule has 0 unspecified atom stereocenters. The molecule has 0 aliphatic rings. The van der Waals surface area contributed by atoms with Gasteiger partial charge in [-0.3, -0.25) is 0 Å². The van der Waals surface area contributed by atoms with Crippen molar-refractivity contribution in [2.45, 2.75) is 6.42 Å². The first-order valence-electron chi connectivity index (χ1n) is 7.17. The Balaban J connectivity index is 2.06. The number of fused-ring (bicyclic) bond motifs is 1. The normalized spacial score (nSPS) is 10.9. The molecule has 2 N–H and O–H groups in total. The number of methoxy groups -OCH3 is 1. The van der Waals surface area contributed by atoms with Gasteiger partial charge in [0.25, 0.3) is 0 Å². The fourth-order valence-electron chi connectivity index (χ4n) is 2.31. The molecule has 0 aliphatic carbocycles. The number of aliphatic hydroxyl groups is 1. The largest absolute Gasteiger partial charge is 0.497 e. The predicted molar refractivity (Wildman–Crippen MR) is 94.6 cm³/mol. The Morgan fingerprint density at radius 3 is 2.74 bits per heavy atom. The second-order valence-electron chi connectivity index (χ2n) is 4.90. The van der Waals surface area contributed by atoms with Crippen molar-refractivity contribution in [3.63, 3.8) is 0 Å². The van der Waals surface area contributed by atoms with Gasteiger partial charge in [-0.15, -0.1) is 11.3 Å². The Kier molecular flexibility index (Phi) is 4.95. The maximum absolute atomic E-state index is 8.95. The van der Waals surface area contributed by atoms with Crippen LogP contribution in [0.1, 0.15) is 6.42 Å². The maximum Gasteiger partial charge on any atom is 0.225 e. The number of halogens is 1. The number of hydrogen-bond donors (Lipinski definition) is 2. The van der Waals surface area contributed by atoms with Crippen molar-refractivity contribution >= 4 is 39.0 Å². The third-order valence-corrected chi connectivity index (χ3v) is 4.48. The number of thiophene rings is 1. The number of ether oxygens (including phenoxy) is 1. The SMILES string of the molecule is COc1ccc(-c2csc3nc(Cl)nc(NCCCO)c23)cc1. The van der Waals surface area contributed by atoms with Crippen LogP contribution in [0.5, 0.6) is 5.75 Å². The number of aliphatic hydroxyl groups excluding tert-OH is 1. The predicted octanol–water partition coefficient (Wildman–Crippen LogP) is 3.81. The zero-order chi connectivity index (χ0) is 16.2. The van der Waals surface area contributed by atoms with Crippen LogP contribution in [-0.4, -0.2) is 35.3 Å². The van der Waals surface area contributed by atoms with E-state index in [4.69, 9.17) is 21.4 Å². The highest BCUT2D eigenvalue weighted by molar-refractivity contribution is 7.17. The minimum atomic E-state index is 0.129. The first kappa shape index (κ1) is 16.0. The number of benzene rings is 1. The lowest BCUT2D eigenvalue weighted by Gasteiger charge is -2.09. The summed E-state index contributed by atoms with van der Waals surface area (Å²) in [5.41, 5.74) is 2.11. The van der Waals surface area contributed by atoms with E-state index in [2.05, 4.69) is 20.7 Å². The summed E-state index contributed by atoms with van der Waals surface area (Å²) in [7, 11) is 1.65. The fraction of sp³-hybridized carbons (Fsp3) is 0.250. The number of nitrogens with one attached hydrogen (secondary N) is 1. The van der Waals surface area contributed by atoms with E-state index >= 15 is 0 Å². The van der Waals surface area contributed by atoms with Crippen LogP contribution in [0.3, 0.4) is 0 Å². The molecule has 0 radical (unpaired) electrons. The smallest absolute Gasteiger partial charge is 0.225 e. The Labute approximate surface area is 142 Å². The van der Waals surface area contributed by atoms with Crippen molar-refractivity contribution in [1.82, 2.24) is 9.97 Å². The number of nitrogens with zero attached hydrogens (tertiary/aromatic N) is 2. The minimum Gasteiger partial charge on any atom is -0.497 e. The molecule has 0 bridgehead atoms. The van der Waals surface area contributed by atoms with Crippen molar-refractivity contribution in [1.29, 1.82) is 0 Å². The maximum atomic E-state index is 8.95. The van der Waals surface area contributed by atoms with Crippen LogP contribution < -0.4 is 10.1 Å². The summed E-state index contributed by atoms with van der Waals surface area (Å²) >= 11 is 7.54. The highest BCUT2D eigenvalue weighted by atomic mass is 35.5. The molecular weight excluding hydrogens is 334 g/mol. The molecule has 0 aliphatic heterocycles. The summed E-state index contributed by atoms with van der Waals surface area (Å²) < 4.78 is 5.20. The molecule has 7 heteroatoms. The third kappa shape index (κ3) is 3.39. The fourth-order valence-corrected chi connectivity index (χ4v) is 3.48. The molecule has 23 heavy (non-hydrogen) atoms. The van der Waals surface area contributed by atoms with Gasteiger partial charge in [0.2, 0.25) is 5.28 Å². The Morgan fingerprint density at radius 2 is 2.04 bits per heavy atom. The van der Waals surface area contributed by atoms with Crippen molar-refractivity contribution in [3.05, 3.63) is 34.9 Å². The molecule has 1 aromatic carbocycles. The van der Waals surface area contributed by atoms with Gasteiger partial charge in [0.15, 0.2) is 0 Å². The van der Waals surface area contributed by atoms with Crippen LogP contribution in [0.25, 0.3) is 21.3 Å². The van der Waals surface area contributed by atoms with Gasteiger partial charge < -0.3 is 15.2 Å². The summed E-state index contributed by atoms with van der Waals surface area (Å²) in [5, 5.41) is 15.4. The van der Waals surface area contributed by atoms with E-state index in [9.17, 15) is 0 Å². The number of hydrogen-bond acceptors (Lipinski definition) is 6. The Bertz CT molecular complexity index is 805. The summed E-state index contributed by atoms with van der Waals surface area (Å²) in [6, 6.07) is 7.86. The monoisotopic (exact) mass is 349 g/mol. The Hall–Kier alpha value is -1.89. The van der Waals surface area contributed by atoms with Crippen LogP contribution in [0.4, 0.5) is 5.82 Å². The van der Waals surface area contributed by atoms with Crippen LogP contribution >= 0.6 is 22.9 Å². The molecular formula is C16H16ClN3O2S. The summed E-state index contributed by atoms with van der Waals surface area (Å²) in [4.78, 5) is 9.45. The van der Waals surface area contributed by atoms with Gasteiger partial charge in [-0.2, -0.15) is 0 Å². The van der Waals surface area contributed by atoms with Gasteiger partial charge in [-0.1, -0.05) is 12.1 Å². The molecule has 3 aromatic rings. The van der Waals surface area contributed by atoms with Crippen LogP contribution in [0.15, 0.2) is 29.6 Å². The lowest BCUT2D eigenvalue weighted by Crippen LogP contribution is -2.06. The lowest BCUT2D eigenvalue weighted by atomic mass is 10.1. The molecule has 2 heterocycles. The van der Waals surface area contributed by atoms with Gasteiger partial charge in [0.05, 0.1) is 12.5 Å². The van der Waals surface area contributed by atoms with E-state index < -0.39 is 0 Å². The van der Waals surface area contributed by atoms with Crippen LogP contribution in [0, 0.1) is 0 Å².